The standard InChI is InChI=1S/C28H28ClN6O4/c29-23-15-20(4-7-25(23)39-18-19-3-1-8-31-17-19)32-27-22-6-5-21(16-24(22)33-28(34-27)26(30)36)38-12-2-9-35-10-13-37-14-11-35/h1,3-4,6-8,15-17H,2,9-14,18H2,(H2,30,36)(H,32,33,34). The van der Waals surface area contributed by atoms with E-state index in [1.807, 2.05) is 12.1 Å². The number of hydrogen-bond acceptors (Lipinski definition) is 9. The number of halogens is 1. The van der Waals surface area contributed by atoms with Crippen LogP contribution >= 0.6 is 11.6 Å². The first kappa shape index (κ1) is 26.6. The molecule has 3 heterocycles. The lowest BCUT2D eigenvalue weighted by Gasteiger charge is -2.26. The van der Waals surface area contributed by atoms with Gasteiger partial charge in [0.2, 0.25) is 5.82 Å². The quantitative estimate of drug-likeness (QED) is 0.268. The molecule has 0 unspecified atom stereocenters. The maximum atomic E-state index is 12.0. The molecule has 4 aromatic rings. The van der Waals surface area contributed by atoms with Gasteiger partial charge in [-0.3, -0.25) is 14.7 Å². The van der Waals surface area contributed by atoms with Crippen molar-refractivity contribution in [3.8, 4) is 11.5 Å². The fourth-order valence-corrected chi connectivity index (χ4v) is 4.34. The number of ether oxygens (including phenoxy) is 3. The van der Waals surface area contributed by atoms with Gasteiger partial charge in [-0.2, -0.15) is 0 Å². The molecule has 1 aliphatic heterocycles. The summed E-state index contributed by atoms with van der Waals surface area (Å²) in [6, 6.07) is 15.6. The number of nitrogens with zero attached hydrogens (tertiary/aromatic N) is 4. The highest BCUT2D eigenvalue weighted by Gasteiger charge is 2.14. The normalized spacial score (nSPS) is 13.8. The Balaban J connectivity index is 1.28. The number of nitrogens with one attached hydrogen (secondary N) is 1. The first-order valence-corrected chi connectivity index (χ1v) is 13.0. The van der Waals surface area contributed by atoms with Gasteiger partial charge >= 0.3 is 0 Å². The lowest BCUT2D eigenvalue weighted by Crippen LogP contribution is -2.37. The fourth-order valence-electron chi connectivity index (χ4n) is 4.11. The lowest BCUT2D eigenvalue weighted by molar-refractivity contribution is 0.0358. The third-order valence-electron chi connectivity index (χ3n) is 6.11. The van der Waals surface area contributed by atoms with Gasteiger partial charge in [-0.15, -0.1) is 0 Å². The Hall–Kier alpha value is -3.99. The molecule has 1 radical (unpaired) electrons. The Morgan fingerprint density at radius 2 is 2.05 bits per heavy atom. The van der Waals surface area contributed by atoms with Crippen LogP contribution in [0.3, 0.4) is 0 Å². The molecule has 201 valence electrons. The molecule has 1 fully saturated rings. The highest BCUT2D eigenvalue weighted by molar-refractivity contribution is 6.32. The summed E-state index contributed by atoms with van der Waals surface area (Å²) in [5, 5.41) is 4.27. The van der Waals surface area contributed by atoms with Crippen LogP contribution in [-0.4, -0.2) is 65.2 Å². The van der Waals surface area contributed by atoms with Gasteiger partial charge in [0.15, 0.2) is 0 Å². The zero-order valence-corrected chi connectivity index (χ0v) is 22.0. The van der Waals surface area contributed by atoms with Crippen LogP contribution in [0.25, 0.3) is 10.9 Å². The van der Waals surface area contributed by atoms with E-state index in [9.17, 15) is 4.79 Å². The topological polar surface area (TPSA) is 125 Å². The largest absolute Gasteiger partial charge is 0.493 e. The van der Waals surface area contributed by atoms with Crippen LogP contribution < -0.4 is 20.5 Å². The highest BCUT2D eigenvalue weighted by Crippen LogP contribution is 2.32. The predicted molar refractivity (Wildman–Crippen MR) is 148 cm³/mol. The average Bonchev–Trinajstić information content (AvgIpc) is 2.96. The second kappa shape index (κ2) is 12.7. The fraction of sp³-hybridized carbons (Fsp3) is 0.286. The molecule has 1 aliphatic rings. The maximum Gasteiger partial charge on any atom is 0.286 e. The summed E-state index contributed by atoms with van der Waals surface area (Å²) >= 11 is 6.47. The van der Waals surface area contributed by atoms with Gasteiger partial charge in [-0.1, -0.05) is 17.7 Å². The van der Waals surface area contributed by atoms with E-state index in [1.54, 1.807) is 42.7 Å². The summed E-state index contributed by atoms with van der Waals surface area (Å²) in [6.07, 6.45) is 4.31. The number of fused-ring (bicyclic) bond motifs is 1. The van der Waals surface area contributed by atoms with Crippen LogP contribution in [-0.2, 0) is 11.3 Å². The minimum Gasteiger partial charge on any atom is -0.493 e. The Kier molecular flexibility index (Phi) is 8.67. The molecule has 5 rings (SSSR count). The molecule has 0 bridgehead atoms. The van der Waals surface area contributed by atoms with Gasteiger partial charge in [0.05, 0.1) is 30.4 Å². The molecule has 39 heavy (non-hydrogen) atoms. The number of benzene rings is 2. The first-order valence-electron chi connectivity index (χ1n) is 12.6. The smallest absolute Gasteiger partial charge is 0.286 e. The van der Waals surface area contributed by atoms with E-state index in [-0.39, 0.29) is 5.82 Å². The van der Waals surface area contributed by atoms with Crippen LogP contribution in [0.2, 0.25) is 5.02 Å². The summed E-state index contributed by atoms with van der Waals surface area (Å²) < 4.78 is 17.1. The molecule has 0 saturated carbocycles. The minimum atomic E-state index is -0.738. The molecule has 2 aromatic heterocycles. The van der Waals surface area contributed by atoms with Crippen molar-refractivity contribution in [2.45, 2.75) is 13.0 Å². The van der Waals surface area contributed by atoms with Gasteiger partial charge in [-0.05, 0) is 36.8 Å². The van der Waals surface area contributed by atoms with Gasteiger partial charge in [0, 0.05) is 60.8 Å². The predicted octanol–water partition coefficient (Wildman–Crippen LogP) is 4.00. The number of pyridine rings is 1. The summed E-state index contributed by atoms with van der Waals surface area (Å²) in [7, 11) is 0. The van der Waals surface area contributed by atoms with E-state index in [2.05, 4.69) is 31.2 Å². The Labute approximate surface area is 231 Å². The summed E-state index contributed by atoms with van der Waals surface area (Å²) in [6.45, 7) is 5.24. The van der Waals surface area contributed by atoms with Crippen LogP contribution in [0, 0.1) is 6.07 Å². The third-order valence-corrected chi connectivity index (χ3v) is 6.41. The SMILES string of the molecule is NC(=O)c1nc(Nc2ccc(OCc3cccnc3)c(Cl)c2)c2c[c]c(OCCCN3CCOCC3)cc2n1. The van der Waals surface area contributed by atoms with Crippen molar-refractivity contribution in [1.82, 2.24) is 19.9 Å². The zero-order chi connectivity index (χ0) is 27.0. The van der Waals surface area contributed by atoms with Crippen molar-refractivity contribution < 1.29 is 19.0 Å². The van der Waals surface area contributed by atoms with Gasteiger partial charge < -0.3 is 25.3 Å². The van der Waals surface area contributed by atoms with Crippen LogP contribution in [0.5, 0.6) is 11.5 Å². The Bertz CT molecular complexity index is 1430. The van der Waals surface area contributed by atoms with Crippen molar-refractivity contribution in [2.24, 2.45) is 5.73 Å². The van der Waals surface area contributed by atoms with E-state index in [1.165, 1.54) is 0 Å². The Morgan fingerprint density at radius 3 is 2.82 bits per heavy atom. The number of nitrogens with two attached hydrogens (primary N) is 1. The monoisotopic (exact) mass is 547 g/mol. The molecule has 3 N–H and O–H groups in total. The molecule has 0 atom stereocenters. The number of rotatable bonds is 11. The van der Waals surface area contributed by atoms with E-state index < -0.39 is 5.91 Å². The van der Waals surface area contributed by atoms with Crippen LogP contribution in [0.15, 0.2) is 54.9 Å². The molecular weight excluding hydrogens is 520 g/mol. The van der Waals surface area contributed by atoms with Crippen molar-refractivity contribution in [3.63, 3.8) is 0 Å². The number of carbonyl (C=O) groups is 1. The van der Waals surface area contributed by atoms with Gasteiger partial charge in [-0.25, -0.2) is 9.97 Å². The lowest BCUT2D eigenvalue weighted by atomic mass is 10.2. The summed E-state index contributed by atoms with van der Waals surface area (Å²) in [5.74, 6) is 0.599. The first-order chi connectivity index (χ1) is 19.0. The molecule has 0 aliphatic carbocycles. The van der Waals surface area contributed by atoms with Crippen molar-refractivity contribution in [3.05, 3.63) is 77.3 Å². The van der Waals surface area contributed by atoms with E-state index in [4.69, 9.17) is 31.5 Å². The number of carbonyl (C=O) groups excluding carboxylic acids is 1. The van der Waals surface area contributed by atoms with Crippen molar-refractivity contribution in [2.75, 3.05) is 44.8 Å². The van der Waals surface area contributed by atoms with Crippen molar-refractivity contribution in [1.29, 1.82) is 0 Å². The molecule has 10 nitrogen and oxygen atoms in total. The second-order valence-corrected chi connectivity index (χ2v) is 9.34. The average molecular weight is 548 g/mol. The number of anilines is 2. The van der Waals surface area contributed by atoms with Gasteiger partial charge in [0.1, 0.15) is 23.9 Å². The molecular formula is C28H28ClN6O4. The number of hydrogen-bond donors (Lipinski definition) is 2. The van der Waals surface area contributed by atoms with Crippen molar-refractivity contribution >= 4 is 39.9 Å². The summed E-state index contributed by atoms with van der Waals surface area (Å²) in [4.78, 5) is 27.0. The molecule has 0 spiro atoms. The zero-order valence-electron chi connectivity index (χ0n) is 21.2. The number of primary amides is 1. The molecule has 1 amide bonds. The molecule has 1 saturated heterocycles. The van der Waals surface area contributed by atoms with Crippen LogP contribution in [0.1, 0.15) is 22.6 Å². The highest BCUT2D eigenvalue weighted by atomic mass is 35.5. The van der Waals surface area contributed by atoms with E-state index >= 15 is 0 Å². The summed E-state index contributed by atoms with van der Waals surface area (Å²) in [5.41, 5.74) is 7.59. The number of amides is 1. The Morgan fingerprint density at radius 1 is 1.18 bits per heavy atom. The molecule has 2 aromatic carbocycles. The van der Waals surface area contributed by atoms with E-state index in [0.717, 1.165) is 44.8 Å². The number of aromatic nitrogens is 3. The maximum absolute atomic E-state index is 12.0. The van der Waals surface area contributed by atoms with Gasteiger partial charge in [0.25, 0.3) is 5.91 Å². The minimum absolute atomic E-state index is 0.114. The third kappa shape index (κ3) is 7.11. The van der Waals surface area contributed by atoms with E-state index in [0.29, 0.717) is 52.1 Å². The van der Waals surface area contributed by atoms with Crippen LogP contribution in [0.4, 0.5) is 11.5 Å². The second-order valence-electron chi connectivity index (χ2n) is 8.93. The molecule has 11 heteroatoms. The number of morpholine rings is 1.